The average molecular weight is 415 g/mol. The zero-order chi connectivity index (χ0) is 21.7. The van der Waals surface area contributed by atoms with E-state index >= 15 is 0 Å². The van der Waals surface area contributed by atoms with Gasteiger partial charge in [0.25, 0.3) is 0 Å². The van der Waals surface area contributed by atoms with Gasteiger partial charge in [0.1, 0.15) is 12.4 Å². The summed E-state index contributed by atoms with van der Waals surface area (Å²) in [6, 6.07) is 8.25. The van der Waals surface area contributed by atoms with Crippen LogP contribution in [0, 0.1) is 5.92 Å². The van der Waals surface area contributed by atoms with Gasteiger partial charge in [-0.25, -0.2) is 0 Å². The van der Waals surface area contributed by atoms with Crippen molar-refractivity contribution in [2.24, 2.45) is 5.92 Å². The fraction of sp³-hybridized carbons (Fsp3) is 0.615. The molecule has 0 aromatic heterocycles. The predicted octanol–water partition coefficient (Wildman–Crippen LogP) is 4.89. The maximum Gasteiger partial charge on any atom is 0.122 e. The van der Waals surface area contributed by atoms with Crippen molar-refractivity contribution in [2.75, 3.05) is 6.61 Å². The molecular weight excluding hydrogens is 376 g/mol. The molecule has 166 valence electrons. The quantitative estimate of drug-likeness (QED) is 0.620. The third-order valence-electron chi connectivity index (χ3n) is 6.35. The first-order chi connectivity index (χ1) is 14.3. The number of ether oxygens (including phenoxy) is 1. The van der Waals surface area contributed by atoms with Crippen molar-refractivity contribution in [3.05, 3.63) is 53.1 Å². The summed E-state index contributed by atoms with van der Waals surface area (Å²) >= 11 is 0. The Bertz CT molecular complexity index is 747. The molecule has 2 aliphatic rings. The molecule has 0 bridgehead atoms. The van der Waals surface area contributed by atoms with Crippen LogP contribution in [0.25, 0.3) is 0 Å². The third kappa shape index (κ3) is 6.19. The average Bonchev–Trinajstić information content (AvgIpc) is 2.69. The highest BCUT2D eigenvalue weighted by Gasteiger charge is 2.31. The van der Waals surface area contributed by atoms with Gasteiger partial charge < -0.3 is 20.1 Å². The maximum atomic E-state index is 10.1. The number of hydrogen-bond acceptors (Lipinski definition) is 4. The smallest absolute Gasteiger partial charge is 0.122 e. The molecule has 0 heterocycles. The van der Waals surface area contributed by atoms with E-state index in [1.807, 2.05) is 12.1 Å². The zero-order valence-corrected chi connectivity index (χ0v) is 18.7. The molecule has 3 rings (SSSR count). The number of rotatable bonds is 6. The van der Waals surface area contributed by atoms with Gasteiger partial charge in [0.2, 0.25) is 0 Å². The third-order valence-corrected chi connectivity index (χ3v) is 6.35. The monoisotopic (exact) mass is 414 g/mol. The van der Waals surface area contributed by atoms with Crippen molar-refractivity contribution in [1.82, 2.24) is 0 Å². The molecule has 2 saturated carbocycles. The van der Waals surface area contributed by atoms with E-state index in [4.69, 9.17) is 4.74 Å². The van der Waals surface area contributed by atoms with E-state index in [-0.39, 0.29) is 6.61 Å². The highest BCUT2D eigenvalue weighted by Crippen LogP contribution is 2.45. The maximum absolute atomic E-state index is 10.1. The molecular formula is C26H38O4. The Labute approximate surface area is 181 Å². The van der Waals surface area contributed by atoms with Crippen LogP contribution in [0.3, 0.4) is 0 Å². The summed E-state index contributed by atoms with van der Waals surface area (Å²) in [5, 5.41) is 30.0. The van der Waals surface area contributed by atoms with Gasteiger partial charge in [0, 0.05) is 0 Å². The van der Waals surface area contributed by atoms with Crippen LogP contribution in [0.4, 0.5) is 0 Å². The molecule has 0 radical (unpaired) electrons. The van der Waals surface area contributed by atoms with Crippen molar-refractivity contribution in [3.63, 3.8) is 0 Å². The lowest BCUT2D eigenvalue weighted by Gasteiger charge is -2.35. The molecule has 30 heavy (non-hydrogen) atoms. The van der Waals surface area contributed by atoms with Gasteiger partial charge in [-0.15, -0.1) is 0 Å². The minimum atomic E-state index is -0.865. The van der Waals surface area contributed by atoms with Crippen molar-refractivity contribution in [3.8, 4) is 5.75 Å². The summed E-state index contributed by atoms with van der Waals surface area (Å²) in [5.41, 5.74) is 2.96. The minimum absolute atomic E-state index is 0.271. The van der Waals surface area contributed by atoms with Crippen molar-refractivity contribution in [1.29, 1.82) is 0 Å². The van der Waals surface area contributed by atoms with Gasteiger partial charge in [0.05, 0.1) is 17.8 Å². The molecule has 2 aliphatic carbocycles. The second-order valence-corrected chi connectivity index (χ2v) is 9.67. The van der Waals surface area contributed by atoms with Gasteiger partial charge in [-0.3, -0.25) is 0 Å². The summed E-state index contributed by atoms with van der Waals surface area (Å²) in [6.07, 6.45) is 9.76. The van der Waals surface area contributed by atoms with Gasteiger partial charge in [-0.05, 0) is 82.3 Å². The summed E-state index contributed by atoms with van der Waals surface area (Å²) in [4.78, 5) is 0. The Morgan fingerprint density at radius 1 is 1.10 bits per heavy atom. The fourth-order valence-corrected chi connectivity index (χ4v) is 5.00. The highest BCUT2D eigenvalue weighted by molar-refractivity contribution is 5.39. The summed E-state index contributed by atoms with van der Waals surface area (Å²) in [5.74, 6) is 1.72. The van der Waals surface area contributed by atoms with Gasteiger partial charge >= 0.3 is 0 Å². The molecule has 2 fully saturated rings. The first-order valence-electron chi connectivity index (χ1n) is 11.5. The number of para-hydroxylation sites is 1. The molecule has 3 N–H and O–H groups in total. The predicted molar refractivity (Wildman–Crippen MR) is 121 cm³/mol. The lowest BCUT2D eigenvalue weighted by atomic mass is 9.71. The lowest BCUT2D eigenvalue weighted by Crippen LogP contribution is -2.28. The molecule has 1 aromatic carbocycles. The SMILES string of the molecule is CC[C@H]1/C(=C/C=C2C[C@@H](O)C[C@H](O)C2)CCC[C@@H]1c1ccccc1OCC(C)(C)O. The first-order valence-corrected chi connectivity index (χ1v) is 11.5. The molecule has 1 aromatic rings. The van der Waals surface area contributed by atoms with Crippen molar-refractivity contribution in [2.45, 2.75) is 89.4 Å². The number of aliphatic hydroxyl groups is 3. The van der Waals surface area contributed by atoms with Crippen molar-refractivity contribution < 1.29 is 20.1 Å². The van der Waals surface area contributed by atoms with E-state index in [2.05, 4.69) is 31.2 Å². The molecule has 4 nitrogen and oxygen atoms in total. The molecule has 0 amide bonds. The lowest BCUT2D eigenvalue weighted by molar-refractivity contribution is 0.0279. The van der Waals surface area contributed by atoms with Gasteiger partial charge in [0.15, 0.2) is 0 Å². The van der Waals surface area contributed by atoms with Crippen LogP contribution in [0.15, 0.2) is 47.6 Å². The van der Waals surface area contributed by atoms with Crippen LogP contribution < -0.4 is 4.74 Å². The van der Waals surface area contributed by atoms with Crippen LogP contribution in [0.1, 0.15) is 77.2 Å². The molecule has 0 unspecified atom stereocenters. The fourth-order valence-electron chi connectivity index (χ4n) is 5.00. The largest absolute Gasteiger partial charge is 0.490 e. The first kappa shape index (κ1) is 23.1. The van der Waals surface area contributed by atoms with E-state index in [0.717, 1.165) is 37.0 Å². The standard InChI is InChI=1S/C26H38O4/c1-4-22-19(13-12-18-14-20(27)16-21(28)15-18)8-7-10-23(22)24-9-5-6-11-25(24)30-17-26(2,3)29/h5-6,9,11-13,20-23,27-29H,4,7-8,10,14-17H2,1-3H3/b19-13+/t20-,21-,22+,23+/m1/s1. The molecule has 4 heteroatoms. The molecule has 0 saturated heterocycles. The minimum Gasteiger partial charge on any atom is -0.490 e. The van der Waals surface area contributed by atoms with E-state index < -0.39 is 17.8 Å². The zero-order valence-electron chi connectivity index (χ0n) is 18.7. The van der Waals surface area contributed by atoms with Crippen LogP contribution in [-0.4, -0.2) is 39.7 Å². The van der Waals surface area contributed by atoms with E-state index in [0.29, 0.717) is 31.1 Å². The second-order valence-electron chi connectivity index (χ2n) is 9.67. The number of benzene rings is 1. The second kappa shape index (κ2) is 10.1. The summed E-state index contributed by atoms with van der Waals surface area (Å²) in [7, 11) is 0. The van der Waals surface area contributed by atoms with E-state index in [1.54, 1.807) is 13.8 Å². The normalized spacial score (nSPS) is 29.1. The van der Waals surface area contributed by atoms with Gasteiger partial charge in [-0.1, -0.05) is 48.4 Å². The molecule has 0 spiro atoms. The Morgan fingerprint density at radius 3 is 2.47 bits per heavy atom. The highest BCUT2D eigenvalue weighted by atomic mass is 16.5. The summed E-state index contributed by atoms with van der Waals surface area (Å²) in [6.45, 7) is 6.04. The number of allylic oxidation sites excluding steroid dienone is 3. The number of aliphatic hydroxyl groups excluding tert-OH is 2. The van der Waals surface area contributed by atoms with Crippen LogP contribution in [-0.2, 0) is 0 Å². The van der Waals surface area contributed by atoms with Crippen molar-refractivity contribution >= 4 is 0 Å². The van der Waals surface area contributed by atoms with E-state index in [1.165, 1.54) is 11.1 Å². The molecule has 0 aliphatic heterocycles. The molecule has 4 atom stereocenters. The Kier molecular flexibility index (Phi) is 7.78. The van der Waals surface area contributed by atoms with Crippen LogP contribution in [0.5, 0.6) is 5.75 Å². The topological polar surface area (TPSA) is 69.9 Å². The van der Waals surface area contributed by atoms with Crippen LogP contribution in [0.2, 0.25) is 0 Å². The Balaban J connectivity index is 1.82. The Hall–Kier alpha value is -1.62. The van der Waals surface area contributed by atoms with Gasteiger partial charge in [-0.2, -0.15) is 0 Å². The van der Waals surface area contributed by atoms with E-state index in [9.17, 15) is 15.3 Å². The number of hydrogen-bond donors (Lipinski definition) is 3. The Morgan fingerprint density at radius 2 is 1.80 bits per heavy atom. The van der Waals surface area contributed by atoms with Crippen LogP contribution >= 0.6 is 0 Å². The summed E-state index contributed by atoms with van der Waals surface area (Å²) < 4.78 is 6.02.